The molecule has 2 aromatic carbocycles. The Morgan fingerprint density at radius 2 is 1.57 bits per heavy atom. The molecule has 2 atom stereocenters. The first-order chi connectivity index (χ1) is 13.1. The average molecular weight is 424 g/mol. The van der Waals surface area contributed by atoms with Crippen molar-refractivity contribution in [2.45, 2.75) is 50.7 Å². The summed E-state index contributed by atoms with van der Waals surface area (Å²) in [5.41, 5.74) is 1.43. The highest BCUT2D eigenvalue weighted by Gasteiger charge is 2.19. The highest BCUT2D eigenvalue weighted by molar-refractivity contribution is 7.89. The smallest absolute Gasteiger partial charge is 0.241 e. The summed E-state index contributed by atoms with van der Waals surface area (Å²) in [5.74, 6) is -0.227. The molecule has 0 heterocycles. The predicted molar refractivity (Wildman–Crippen MR) is 113 cm³/mol. The van der Waals surface area contributed by atoms with Gasteiger partial charge in [0.2, 0.25) is 15.9 Å². The van der Waals surface area contributed by atoms with Crippen LogP contribution in [-0.4, -0.2) is 26.4 Å². The van der Waals surface area contributed by atoms with Gasteiger partial charge in [-0.1, -0.05) is 29.8 Å². The van der Waals surface area contributed by atoms with Gasteiger partial charge in [0.15, 0.2) is 0 Å². The number of hydrogen-bond acceptors (Lipinski definition) is 4. The summed E-state index contributed by atoms with van der Waals surface area (Å²) >= 11 is 6.20. The van der Waals surface area contributed by atoms with E-state index in [0.717, 1.165) is 5.56 Å². The number of carbonyl (C=O) groups excluding carboxylic acids is 1. The first kappa shape index (κ1) is 22.4. The Kier molecular flexibility index (Phi) is 7.60. The van der Waals surface area contributed by atoms with Crippen LogP contribution in [0.5, 0.6) is 0 Å². The Balaban J connectivity index is 1.99. The van der Waals surface area contributed by atoms with Crippen LogP contribution in [-0.2, 0) is 14.8 Å². The minimum atomic E-state index is -3.56. The van der Waals surface area contributed by atoms with Gasteiger partial charge < -0.3 is 5.32 Å². The number of anilines is 1. The van der Waals surface area contributed by atoms with Crippen LogP contribution in [0, 0.1) is 0 Å². The van der Waals surface area contributed by atoms with Gasteiger partial charge in [0.05, 0.1) is 10.9 Å². The SMILES string of the molecule is CC(C)NS(=O)(=O)c1ccc(NC(=O)C(C)NC(C)c2ccccc2Cl)cc1. The van der Waals surface area contributed by atoms with E-state index in [1.807, 2.05) is 31.2 Å². The van der Waals surface area contributed by atoms with Gasteiger partial charge in [0.25, 0.3) is 0 Å². The van der Waals surface area contributed by atoms with Crippen molar-refractivity contribution < 1.29 is 13.2 Å². The minimum Gasteiger partial charge on any atom is -0.325 e. The van der Waals surface area contributed by atoms with Gasteiger partial charge in [-0.05, 0) is 63.6 Å². The van der Waals surface area contributed by atoms with Crippen molar-refractivity contribution in [1.82, 2.24) is 10.0 Å². The number of benzene rings is 2. The zero-order chi connectivity index (χ0) is 20.9. The van der Waals surface area contributed by atoms with E-state index in [9.17, 15) is 13.2 Å². The molecule has 2 unspecified atom stereocenters. The summed E-state index contributed by atoms with van der Waals surface area (Å²) in [5, 5.41) is 6.64. The molecule has 0 spiro atoms. The van der Waals surface area contributed by atoms with E-state index < -0.39 is 16.1 Å². The van der Waals surface area contributed by atoms with Crippen LogP contribution in [0.2, 0.25) is 5.02 Å². The van der Waals surface area contributed by atoms with E-state index in [2.05, 4.69) is 15.4 Å². The van der Waals surface area contributed by atoms with Crippen LogP contribution in [0.3, 0.4) is 0 Å². The Morgan fingerprint density at radius 3 is 2.14 bits per heavy atom. The lowest BCUT2D eigenvalue weighted by molar-refractivity contribution is -0.117. The maximum absolute atomic E-state index is 12.5. The summed E-state index contributed by atoms with van der Waals surface area (Å²) in [4.78, 5) is 12.6. The van der Waals surface area contributed by atoms with Gasteiger partial charge in [-0.15, -0.1) is 0 Å². The molecule has 0 aromatic heterocycles. The fraction of sp³-hybridized carbons (Fsp3) is 0.350. The average Bonchev–Trinajstić information content (AvgIpc) is 2.61. The summed E-state index contributed by atoms with van der Waals surface area (Å²) in [6.07, 6.45) is 0. The van der Waals surface area contributed by atoms with Gasteiger partial charge in [0.1, 0.15) is 0 Å². The third-order valence-corrected chi connectivity index (χ3v) is 6.11. The highest BCUT2D eigenvalue weighted by Crippen LogP contribution is 2.22. The summed E-state index contributed by atoms with van der Waals surface area (Å²) in [6, 6.07) is 12.8. The molecule has 0 saturated carbocycles. The topological polar surface area (TPSA) is 87.3 Å². The van der Waals surface area contributed by atoms with Crippen molar-refractivity contribution in [3.8, 4) is 0 Å². The molecule has 0 aliphatic carbocycles. The maximum atomic E-state index is 12.5. The summed E-state index contributed by atoms with van der Waals surface area (Å²) in [7, 11) is -3.56. The molecule has 2 aromatic rings. The highest BCUT2D eigenvalue weighted by atomic mass is 35.5. The molecule has 6 nitrogen and oxygen atoms in total. The fourth-order valence-electron chi connectivity index (χ4n) is 2.71. The van der Waals surface area contributed by atoms with E-state index in [1.165, 1.54) is 12.1 Å². The molecule has 152 valence electrons. The van der Waals surface area contributed by atoms with Crippen molar-refractivity contribution in [2.24, 2.45) is 0 Å². The van der Waals surface area contributed by atoms with Crippen molar-refractivity contribution in [3.63, 3.8) is 0 Å². The summed E-state index contributed by atoms with van der Waals surface area (Å²) < 4.78 is 26.8. The number of sulfonamides is 1. The van der Waals surface area contributed by atoms with Crippen LogP contribution < -0.4 is 15.4 Å². The lowest BCUT2D eigenvalue weighted by Crippen LogP contribution is -2.39. The normalized spacial score (nSPS) is 13.9. The van der Waals surface area contributed by atoms with Crippen molar-refractivity contribution in [1.29, 1.82) is 0 Å². The molecule has 0 saturated heterocycles. The lowest BCUT2D eigenvalue weighted by atomic mass is 10.1. The molecule has 2 rings (SSSR count). The molecule has 0 aliphatic rings. The second kappa shape index (κ2) is 9.52. The molecule has 0 bridgehead atoms. The first-order valence-corrected chi connectivity index (χ1v) is 10.9. The van der Waals surface area contributed by atoms with E-state index in [4.69, 9.17) is 11.6 Å². The fourth-order valence-corrected chi connectivity index (χ4v) is 4.26. The minimum absolute atomic E-state index is 0.107. The first-order valence-electron chi connectivity index (χ1n) is 9.04. The Bertz CT molecular complexity index is 915. The zero-order valence-electron chi connectivity index (χ0n) is 16.4. The van der Waals surface area contributed by atoms with Crippen molar-refractivity contribution >= 4 is 33.2 Å². The van der Waals surface area contributed by atoms with Gasteiger partial charge in [-0.3, -0.25) is 10.1 Å². The number of amides is 1. The monoisotopic (exact) mass is 423 g/mol. The molecule has 3 N–H and O–H groups in total. The number of halogens is 1. The van der Waals surface area contributed by atoms with E-state index in [0.29, 0.717) is 10.7 Å². The van der Waals surface area contributed by atoms with Crippen molar-refractivity contribution in [2.75, 3.05) is 5.32 Å². The molecule has 28 heavy (non-hydrogen) atoms. The lowest BCUT2D eigenvalue weighted by Gasteiger charge is -2.21. The third kappa shape index (κ3) is 6.04. The van der Waals surface area contributed by atoms with Crippen molar-refractivity contribution in [3.05, 3.63) is 59.1 Å². The van der Waals surface area contributed by atoms with Gasteiger partial charge >= 0.3 is 0 Å². The molecular formula is C20H26ClN3O3S. The third-order valence-electron chi connectivity index (χ3n) is 4.09. The molecular weight excluding hydrogens is 398 g/mol. The quantitative estimate of drug-likeness (QED) is 0.604. The molecule has 1 amide bonds. The molecule has 0 radical (unpaired) electrons. The molecule has 0 aliphatic heterocycles. The van der Waals surface area contributed by atoms with E-state index in [1.54, 1.807) is 32.9 Å². The van der Waals surface area contributed by atoms with Gasteiger partial charge in [-0.2, -0.15) is 0 Å². The van der Waals surface area contributed by atoms with E-state index in [-0.39, 0.29) is 22.9 Å². The van der Waals surface area contributed by atoms with Crippen LogP contribution in [0.25, 0.3) is 0 Å². The number of rotatable bonds is 8. The maximum Gasteiger partial charge on any atom is 0.241 e. The standard InChI is InChI=1S/C20H26ClN3O3S/c1-13(2)24-28(26,27)17-11-9-16(10-12-17)23-20(25)15(4)22-14(3)18-7-5-6-8-19(18)21/h5-15,22,24H,1-4H3,(H,23,25). The Hall–Kier alpha value is -1.93. The predicted octanol–water partition coefficient (Wildman–Crippen LogP) is 3.70. The number of nitrogens with one attached hydrogen (secondary N) is 3. The van der Waals surface area contributed by atoms with E-state index >= 15 is 0 Å². The zero-order valence-corrected chi connectivity index (χ0v) is 17.9. The van der Waals surface area contributed by atoms with Gasteiger partial charge in [0, 0.05) is 22.8 Å². The number of carbonyl (C=O) groups is 1. The van der Waals surface area contributed by atoms with Crippen LogP contribution >= 0.6 is 11.6 Å². The Labute approximate surface area is 171 Å². The second-order valence-electron chi connectivity index (χ2n) is 6.92. The van der Waals surface area contributed by atoms with Crippen LogP contribution in [0.15, 0.2) is 53.4 Å². The number of hydrogen-bond donors (Lipinski definition) is 3. The van der Waals surface area contributed by atoms with Gasteiger partial charge in [-0.25, -0.2) is 13.1 Å². The molecule has 8 heteroatoms. The van der Waals surface area contributed by atoms with Crippen LogP contribution in [0.4, 0.5) is 5.69 Å². The second-order valence-corrected chi connectivity index (χ2v) is 9.04. The molecule has 0 fully saturated rings. The Morgan fingerprint density at radius 1 is 0.964 bits per heavy atom. The summed E-state index contributed by atoms with van der Waals surface area (Å²) in [6.45, 7) is 7.20. The largest absolute Gasteiger partial charge is 0.325 e. The van der Waals surface area contributed by atoms with Crippen LogP contribution in [0.1, 0.15) is 39.3 Å².